The van der Waals surface area contributed by atoms with Gasteiger partial charge in [-0.25, -0.2) is 0 Å². The van der Waals surface area contributed by atoms with Crippen molar-refractivity contribution in [3.63, 3.8) is 0 Å². The third-order valence-electron chi connectivity index (χ3n) is 10.2. The van der Waals surface area contributed by atoms with Crippen LogP contribution in [0.2, 0.25) is 13.1 Å². The first-order valence-corrected chi connectivity index (χ1v) is 18.7. The molecular weight excluding hydrogens is 533 g/mol. The molecule has 43 heavy (non-hydrogen) atoms. The van der Waals surface area contributed by atoms with Crippen LogP contribution >= 0.6 is 0 Å². The molecule has 0 saturated carbocycles. The lowest BCUT2D eigenvalue weighted by atomic mass is 9.93. The van der Waals surface area contributed by atoms with Gasteiger partial charge in [-0.1, -0.05) is 158 Å². The van der Waals surface area contributed by atoms with Crippen LogP contribution in [0.5, 0.6) is 0 Å². The van der Waals surface area contributed by atoms with Gasteiger partial charge in [-0.05, 0) is 79.9 Å². The zero-order valence-corrected chi connectivity index (χ0v) is 26.4. The van der Waals surface area contributed by atoms with Crippen LogP contribution in [0.25, 0.3) is 56.0 Å². The molecule has 0 N–H and O–H groups in total. The quantitative estimate of drug-likeness (QED) is 0.186. The second-order valence-electron chi connectivity index (χ2n) is 13.1. The lowest BCUT2D eigenvalue weighted by molar-refractivity contribution is 0.969. The van der Waals surface area contributed by atoms with Gasteiger partial charge in [0.2, 0.25) is 0 Å². The summed E-state index contributed by atoms with van der Waals surface area (Å²) in [6, 6.07) is 45.1. The molecule has 8 rings (SSSR count). The highest BCUT2D eigenvalue weighted by Gasteiger charge is 2.47. The smallest absolute Gasteiger partial charge is 0.0679 e. The van der Waals surface area contributed by atoms with E-state index in [2.05, 4.69) is 160 Å². The van der Waals surface area contributed by atoms with Gasteiger partial charge in [-0.3, -0.25) is 0 Å². The van der Waals surface area contributed by atoms with Crippen LogP contribution in [-0.4, -0.2) is 8.07 Å². The van der Waals surface area contributed by atoms with Gasteiger partial charge in [0.15, 0.2) is 0 Å². The van der Waals surface area contributed by atoms with E-state index in [9.17, 15) is 0 Å². The summed E-state index contributed by atoms with van der Waals surface area (Å²) in [6.07, 6.45) is 5.01. The maximum atomic E-state index is 2.64. The number of benzene rings is 6. The lowest BCUT2D eigenvalue weighted by Gasteiger charge is -2.39. The molecule has 2 atom stereocenters. The van der Waals surface area contributed by atoms with Crippen molar-refractivity contribution in [2.24, 2.45) is 0 Å². The number of hydrogen-bond acceptors (Lipinski definition) is 0. The summed E-state index contributed by atoms with van der Waals surface area (Å²) in [6.45, 7) is 10.0. The van der Waals surface area contributed by atoms with E-state index in [0.29, 0.717) is 11.1 Å². The van der Waals surface area contributed by atoms with Gasteiger partial charge < -0.3 is 0 Å². The fourth-order valence-electron chi connectivity index (χ4n) is 8.64. The van der Waals surface area contributed by atoms with Crippen LogP contribution in [0.4, 0.5) is 0 Å². The number of rotatable bonds is 4. The Balaban J connectivity index is 1.25. The zero-order valence-electron chi connectivity index (χ0n) is 25.4. The van der Waals surface area contributed by atoms with Crippen molar-refractivity contribution >= 4 is 41.8 Å². The second kappa shape index (κ2) is 9.79. The van der Waals surface area contributed by atoms with Crippen molar-refractivity contribution in [2.45, 2.75) is 38.0 Å². The van der Waals surface area contributed by atoms with E-state index in [1.165, 1.54) is 77.2 Å². The van der Waals surface area contributed by atoms with Crippen LogP contribution in [0.1, 0.15) is 47.2 Å². The van der Waals surface area contributed by atoms with Crippen LogP contribution < -0.4 is 0 Å². The average Bonchev–Trinajstić information content (AvgIpc) is 3.56. The summed E-state index contributed by atoms with van der Waals surface area (Å²) in [5.41, 5.74) is 15.3. The molecule has 0 radical (unpaired) electrons. The third-order valence-corrected chi connectivity index (χ3v) is 14.7. The second-order valence-corrected chi connectivity index (χ2v) is 17.9. The van der Waals surface area contributed by atoms with Gasteiger partial charge in [0.05, 0.1) is 8.07 Å². The summed E-state index contributed by atoms with van der Waals surface area (Å²) >= 11 is 0. The summed E-state index contributed by atoms with van der Waals surface area (Å²) < 4.78 is 0. The Labute approximate surface area is 256 Å². The molecule has 6 aromatic rings. The Kier molecular flexibility index (Phi) is 5.96. The van der Waals surface area contributed by atoms with Gasteiger partial charge in [-0.15, -0.1) is 0 Å². The SMILES string of the molecule is CC1=Cc2c(-c3cccc4ccccc34)cccc2C1[Si](C)(C)C1C(C)=Cc2c(-c3cccc4ccccc34)cccc21. The van der Waals surface area contributed by atoms with Crippen molar-refractivity contribution < 1.29 is 0 Å². The van der Waals surface area contributed by atoms with Crippen molar-refractivity contribution in [1.82, 2.24) is 0 Å². The molecule has 2 unspecified atom stereocenters. The molecule has 2 aliphatic carbocycles. The summed E-state index contributed by atoms with van der Waals surface area (Å²) in [4.78, 5) is 0. The monoisotopic (exact) mass is 568 g/mol. The van der Waals surface area contributed by atoms with Gasteiger partial charge in [0.1, 0.15) is 0 Å². The summed E-state index contributed by atoms with van der Waals surface area (Å²) in [5, 5.41) is 5.25. The first-order chi connectivity index (χ1) is 20.9. The molecule has 0 heterocycles. The summed E-state index contributed by atoms with van der Waals surface area (Å²) in [7, 11) is -1.96. The fourth-order valence-corrected chi connectivity index (χ4v) is 13.6. The maximum Gasteiger partial charge on any atom is 0.0722 e. The van der Waals surface area contributed by atoms with Gasteiger partial charge in [0.25, 0.3) is 0 Å². The van der Waals surface area contributed by atoms with Gasteiger partial charge >= 0.3 is 0 Å². The molecule has 0 bridgehead atoms. The van der Waals surface area contributed by atoms with Crippen molar-refractivity contribution in [1.29, 1.82) is 0 Å². The summed E-state index contributed by atoms with van der Waals surface area (Å²) in [5.74, 6) is 0. The molecule has 0 amide bonds. The van der Waals surface area contributed by atoms with Crippen LogP contribution in [0.15, 0.2) is 132 Å². The Morgan fingerprint density at radius 3 is 1.26 bits per heavy atom. The molecule has 0 fully saturated rings. The van der Waals surface area contributed by atoms with E-state index in [4.69, 9.17) is 0 Å². The Bertz CT molecular complexity index is 1980. The molecule has 0 saturated heterocycles. The zero-order chi connectivity index (χ0) is 29.3. The minimum atomic E-state index is -1.96. The van der Waals surface area contributed by atoms with Crippen LogP contribution in [0.3, 0.4) is 0 Å². The lowest BCUT2D eigenvalue weighted by Crippen LogP contribution is -2.42. The highest BCUT2D eigenvalue weighted by atomic mass is 28.3. The molecule has 1 heteroatoms. The normalized spacial score (nSPS) is 17.6. The standard InChI is InChI=1S/C42H36Si/c1-27-25-39-35(33-19-9-15-29-13-5-7-17-31(29)33)21-11-23-37(39)41(27)43(3,4)42-28(2)26-40-36(22-12-24-38(40)42)34-20-10-16-30-14-6-8-18-32(30)34/h5-26,41-42H,1-4H3. The largest absolute Gasteiger partial charge is 0.0722 e. The number of allylic oxidation sites excluding steroid dienone is 2. The molecular formula is C42H36Si. The molecule has 2 aliphatic rings. The predicted molar refractivity (Wildman–Crippen MR) is 189 cm³/mol. The van der Waals surface area contributed by atoms with E-state index >= 15 is 0 Å². The molecule has 208 valence electrons. The fraction of sp³-hybridized carbons (Fsp3) is 0.143. The first-order valence-electron chi connectivity index (χ1n) is 15.5. The first kappa shape index (κ1) is 26.2. The van der Waals surface area contributed by atoms with E-state index in [-0.39, 0.29) is 0 Å². The Morgan fingerprint density at radius 2 is 0.791 bits per heavy atom. The van der Waals surface area contributed by atoms with E-state index < -0.39 is 8.07 Å². The van der Waals surface area contributed by atoms with Crippen LogP contribution in [0, 0.1) is 0 Å². The highest BCUT2D eigenvalue weighted by Crippen LogP contribution is 2.54. The van der Waals surface area contributed by atoms with Crippen molar-refractivity contribution in [3.8, 4) is 22.3 Å². The van der Waals surface area contributed by atoms with E-state index in [0.717, 1.165) is 0 Å². The Hall–Kier alpha value is -4.46. The van der Waals surface area contributed by atoms with Crippen LogP contribution in [-0.2, 0) is 0 Å². The van der Waals surface area contributed by atoms with Gasteiger partial charge in [-0.2, -0.15) is 0 Å². The highest BCUT2D eigenvalue weighted by molar-refractivity contribution is 6.81. The Morgan fingerprint density at radius 1 is 0.419 bits per heavy atom. The van der Waals surface area contributed by atoms with Gasteiger partial charge in [0, 0.05) is 11.1 Å². The minimum absolute atomic E-state index is 0.470. The topological polar surface area (TPSA) is 0 Å². The van der Waals surface area contributed by atoms with E-state index in [1.54, 1.807) is 0 Å². The third kappa shape index (κ3) is 3.95. The molecule has 0 nitrogen and oxygen atoms in total. The maximum absolute atomic E-state index is 2.64. The molecule has 0 aromatic heterocycles. The molecule has 0 aliphatic heterocycles. The number of hydrogen-bond donors (Lipinski definition) is 0. The predicted octanol–water partition coefficient (Wildman–Crippen LogP) is 11.8. The average molecular weight is 569 g/mol. The molecule has 6 aromatic carbocycles. The molecule has 0 spiro atoms. The minimum Gasteiger partial charge on any atom is -0.0679 e. The van der Waals surface area contributed by atoms with Crippen molar-refractivity contribution in [3.05, 3.63) is 155 Å². The number of fused-ring (bicyclic) bond motifs is 4. The van der Waals surface area contributed by atoms with E-state index in [1.807, 2.05) is 0 Å². The van der Waals surface area contributed by atoms with Crippen molar-refractivity contribution in [2.75, 3.05) is 0 Å².